The van der Waals surface area contributed by atoms with Crippen LogP contribution >= 0.6 is 0 Å². The van der Waals surface area contributed by atoms with Crippen molar-refractivity contribution in [2.24, 2.45) is 0 Å². The molecule has 1 atom stereocenters. The van der Waals surface area contributed by atoms with Crippen molar-refractivity contribution >= 4 is 12.0 Å². The predicted octanol–water partition coefficient (Wildman–Crippen LogP) is 4.80. The van der Waals surface area contributed by atoms with Crippen molar-refractivity contribution in [1.29, 1.82) is 0 Å². The van der Waals surface area contributed by atoms with Crippen LogP contribution in [0.15, 0.2) is 48.5 Å². The lowest BCUT2D eigenvalue weighted by molar-refractivity contribution is -0.126. The first kappa shape index (κ1) is 19.5. The summed E-state index contributed by atoms with van der Waals surface area (Å²) in [6.45, 7) is -1.32. The van der Waals surface area contributed by atoms with E-state index in [2.05, 4.69) is 4.74 Å². The molecule has 0 aliphatic heterocycles. The largest absolute Gasteiger partial charge is 0.434 e. The Balaban J connectivity index is 2.13. The van der Waals surface area contributed by atoms with E-state index in [9.17, 15) is 22.4 Å². The van der Waals surface area contributed by atoms with Gasteiger partial charge in [0.15, 0.2) is 11.6 Å². The Morgan fingerprint density at radius 1 is 1.12 bits per heavy atom. The van der Waals surface area contributed by atoms with Gasteiger partial charge in [0.05, 0.1) is 6.04 Å². The lowest BCUT2D eigenvalue weighted by Gasteiger charge is -2.24. The summed E-state index contributed by atoms with van der Waals surface area (Å²) in [6, 6.07) is 8.94. The van der Waals surface area contributed by atoms with Crippen LogP contribution in [-0.4, -0.2) is 24.5 Å². The van der Waals surface area contributed by atoms with E-state index in [4.69, 9.17) is 0 Å². The average molecular weight is 367 g/mol. The fourth-order valence-corrected chi connectivity index (χ4v) is 2.29. The fourth-order valence-electron chi connectivity index (χ4n) is 2.29. The maximum Gasteiger partial charge on any atom is 0.387 e. The molecule has 0 N–H and O–H groups in total. The van der Waals surface area contributed by atoms with Gasteiger partial charge < -0.3 is 9.64 Å². The van der Waals surface area contributed by atoms with E-state index in [0.717, 1.165) is 12.1 Å². The molecule has 138 valence electrons. The van der Waals surface area contributed by atoms with Crippen LogP contribution in [0.3, 0.4) is 0 Å². The van der Waals surface area contributed by atoms with Gasteiger partial charge in [-0.05, 0) is 36.8 Å². The third kappa shape index (κ3) is 4.84. The molecule has 0 saturated heterocycles. The molecular formula is C19H17F4NO2. The van der Waals surface area contributed by atoms with Crippen molar-refractivity contribution in [2.45, 2.75) is 19.6 Å². The van der Waals surface area contributed by atoms with E-state index >= 15 is 0 Å². The topological polar surface area (TPSA) is 29.5 Å². The normalized spacial score (nSPS) is 12.4. The quantitative estimate of drug-likeness (QED) is 0.542. The number of benzene rings is 2. The van der Waals surface area contributed by atoms with Crippen LogP contribution in [-0.2, 0) is 4.79 Å². The van der Waals surface area contributed by atoms with Gasteiger partial charge in [0, 0.05) is 18.7 Å². The van der Waals surface area contributed by atoms with Crippen LogP contribution in [0.5, 0.6) is 5.75 Å². The summed E-state index contributed by atoms with van der Waals surface area (Å²) in [6.07, 6.45) is 2.55. The number of likely N-dealkylation sites (N-methyl/N-ethyl adjacent to an activating group) is 1. The Hall–Kier alpha value is -2.83. The molecule has 0 aliphatic carbocycles. The highest BCUT2D eigenvalue weighted by Crippen LogP contribution is 2.23. The van der Waals surface area contributed by atoms with Gasteiger partial charge in [0.2, 0.25) is 5.91 Å². The number of carbonyl (C=O) groups excluding carboxylic acids is 1. The molecule has 1 unspecified atom stereocenters. The Morgan fingerprint density at radius 3 is 2.46 bits per heavy atom. The van der Waals surface area contributed by atoms with Gasteiger partial charge in [0.25, 0.3) is 0 Å². The maximum absolute atomic E-state index is 13.4. The maximum atomic E-state index is 13.4. The van der Waals surface area contributed by atoms with Gasteiger partial charge in [-0.1, -0.05) is 24.3 Å². The molecule has 1 amide bonds. The molecule has 0 heterocycles. The van der Waals surface area contributed by atoms with Crippen LogP contribution in [0.1, 0.15) is 24.1 Å². The third-order valence-electron chi connectivity index (χ3n) is 3.90. The average Bonchev–Trinajstić information content (AvgIpc) is 2.61. The SMILES string of the molecule is CC(c1ccc(F)c(F)c1)N(C)C(=O)/C=C/c1ccccc1OC(F)F. The molecule has 0 spiro atoms. The molecule has 2 rings (SSSR count). The number of rotatable bonds is 6. The van der Waals surface area contributed by atoms with E-state index in [-0.39, 0.29) is 5.75 Å². The van der Waals surface area contributed by atoms with Crippen molar-refractivity contribution in [3.8, 4) is 5.75 Å². The molecule has 0 fully saturated rings. The number of para-hydroxylation sites is 1. The zero-order chi connectivity index (χ0) is 19.3. The fraction of sp³-hybridized carbons (Fsp3) is 0.211. The number of alkyl halides is 2. The summed E-state index contributed by atoms with van der Waals surface area (Å²) >= 11 is 0. The number of hydrogen-bond acceptors (Lipinski definition) is 2. The van der Waals surface area contributed by atoms with E-state index in [1.54, 1.807) is 13.0 Å². The highest BCUT2D eigenvalue weighted by molar-refractivity contribution is 5.92. The van der Waals surface area contributed by atoms with Crippen molar-refractivity contribution in [3.63, 3.8) is 0 Å². The molecule has 0 aliphatic rings. The first-order valence-electron chi connectivity index (χ1n) is 7.73. The van der Waals surface area contributed by atoms with Crippen molar-refractivity contribution < 1.29 is 27.1 Å². The minimum atomic E-state index is -2.98. The van der Waals surface area contributed by atoms with Gasteiger partial charge in [-0.3, -0.25) is 4.79 Å². The number of hydrogen-bond donors (Lipinski definition) is 0. The Kier molecular flexibility index (Phi) is 6.38. The molecule has 2 aromatic rings. The molecule has 26 heavy (non-hydrogen) atoms. The number of amides is 1. The molecule has 0 radical (unpaired) electrons. The van der Waals surface area contributed by atoms with E-state index in [1.165, 1.54) is 48.4 Å². The summed E-state index contributed by atoms with van der Waals surface area (Å²) in [5, 5.41) is 0. The summed E-state index contributed by atoms with van der Waals surface area (Å²) in [4.78, 5) is 13.6. The first-order chi connectivity index (χ1) is 12.3. The number of carbonyl (C=O) groups is 1. The molecule has 0 aromatic heterocycles. The van der Waals surface area contributed by atoms with Crippen LogP contribution in [0.4, 0.5) is 17.6 Å². The number of halogens is 4. The molecular weight excluding hydrogens is 350 g/mol. The zero-order valence-electron chi connectivity index (χ0n) is 14.1. The number of ether oxygens (including phenoxy) is 1. The molecule has 3 nitrogen and oxygen atoms in total. The zero-order valence-corrected chi connectivity index (χ0v) is 14.1. The lowest BCUT2D eigenvalue weighted by atomic mass is 10.1. The second-order valence-corrected chi connectivity index (χ2v) is 5.55. The molecule has 2 aromatic carbocycles. The third-order valence-corrected chi connectivity index (χ3v) is 3.90. The van der Waals surface area contributed by atoms with Gasteiger partial charge in [0.1, 0.15) is 5.75 Å². The second-order valence-electron chi connectivity index (χ2n) is 5.55. The highest BCUT2D eigenvalue weighted by atomic mass is 19.3. The minimum absolute atomic E-state index is 0.0529. The van der Waals surface area contributed by atoms with Crippen molar-refractivity contribution in [2.75, 3.05) is 7.05 Å². The summed E-state index contributed by atoms with van der Waals surface area (Å²) in [7, 11) is 1.50. The van der Waals surface area contributed by atoms with Crippen LogP contribution in [0.25, 0.3) is 6.08 Å². The molecule has 7 heteroatoms. The van der Waals surface area contributed by atoms with Gasteiger partial charge in [-0.25, -0.2) is 8.78 Å². The predicted molar refractivity (Wildman–Crippen MR) is 89.7 cm³/mol. The summed E-state index contributed by atoms with van der Waals surface area (Å²) in [5.41, 5.74) is 0.740. The van der Waals surface area contributed by atoms with E-state index in [0.29, 0.717) is 11.1 Å². The smallest absolute Gasteiger partial charge is 0.387 e. The first-order valence-corrected chi connectivity index (χ1v) is 7.73. The van der Waals surface area contributed by atoms with Gasteiger partial charge in [-0.15, -0.1) is 0 Å². The van der Waals surface area contributed by atoms with E-state index < -0.39 is 30.2 Å². The van der Waals surface area contributed by atoms with Gasteiger partial charge >= 0.3 is 6.61 Å². The highest BCUT2D eigenvalue weighted by Gasteiger charge is 2.17. The van der Waals surface area contributed by atoms with Crippen LogP contribution in [0.2, 0.25) is 0 Å². The summed E-state index contributed by atoms with van der Waals surface area (Å²) < 4.78 is 55.6. The standard InChI is InChI=1S/C19H17F4NO2/c1-12(14-7-9-15(20)16(21)11-14)24(2)18(25)10-8-13-5-3-4-6-17(13)26-19(22)23/h3-12,19H,1-2H3/b10-8+. The molecule has 0 bridgehead atoms. The summed E-state index contributed by atoms with van der Waals surface area (Å²) in [5.74, 6) is -2.45. The monoisotopic (exact) mass is 367 g/mol. The number of nitrogens with zero attached hydrogens (tertiary/aromatic N) is 1. The second kappa shape index (κ2) is 8.51. The minimum Gasteiger partial charge on any atom is -0.434 e. The Labute approximate surface area is 148 Å². The van der Waals surface area contributed by atoms with Gasteiger partial charge in [-0.2, -0.15) is 8.78 Å². The van der Waals surface area contributed by atoms with Crippen LogP contribution in [0, 0.1) is 11.6 Å². The van der Waals surface area contributed by atoms with Crippen LogP contribution < -0.4 is 4.74 Å². The van der Waals surface area contributed by atoms with Crippen molar-refractivity contribution in [3.05, 3.63) is 71.3 Å². The molecule has 0 saturated carbocycles. The van der Waals surface area contributed by atoms with E-state index in [1.807, 2.05) is 0 Å². The Bertz CT molecular complexity index is 808. The van der Waals surface area contributed by atoms with Crippen molar-refractivity contribution in [1.82, 2.24) is 4.90 Å². The lowest BCUT2D eigenvalue weighted by Crippen LogP contribution is -2.28. The Morgan fingerprint density at radius 2 is 1.81 bits per heavy atom.